The van der Waals surface area contributed by atoms with Gasteiger partial charge >= 0.3 is 0 Å². The van der Waals surface area contributed by atoms with Crippen LogP contribution in [0.4, 0.5) is 5.69 Å². The standard InChI is InChI=1S/C27H22N2O3/c1-32-24-16-21(23(30)17-28-24)25-20-14-8-9-15-22(20)29(27(25)31)26(18-10-4-2-5-11-18)19-12-6-3-7-13-19/h2-17,25-26,30H,1H3. The summed E-state index contributed by atoms with van der Waals surface area (Å²) in [6.07, 6.45) is 1.33. The van der Waals surface area contributed by atoms with Crippen LogP contribution in [0, 0.1) is 0 Å². The van der Waals surface area contributed by atoms with E-state index in [-0.39, 0.29) is 17.7 Å². The molecule has 1 aliphatic heterocycles. The number of ether oxygens (including phenoxy) is 1. The Hall–Kier alpha value is -4.12. The Morgan fingerprint density at radius 3 is 2.09 bits per heavy atom. The Labute approximate surface area is 186 Å². The number of aromatic hydroxyl groups is 1. The highest BCUT2D eigenvalue weighted by Crippen LogP contribution is 2.48. The van der Waals surface area contributed by atoms with E-state index in [9.17, 15) is 9.90 Å². The molecule has 158 valence electrons. The van der Waals surface area contributed by atoms with Gasteiger partial charge in [0.05, 0.1) is 25.3 Å². The summed E-state index contributed by atoms with van der Waals surface area (Å²) in [6.45, 7) is 0. The lowest BCUT2D eigenvalue weighted by molar-refractivity contribution is -0.118. The average Bonchev–Trinajstić information content (AvgIpc) is 3.13. The number of nitrogens with zero attached hydrogens (tertiary/aromatic N) is 2. The van der Waals surface area contributed by atoms with Crippen molar-refractivity contribution in [3.8, 4) is 11.6 Å². The average molecular weight is 422 g/mol. The lowest BCUT2D eigenvalue weighted by Gasteiger charge is -2.30. The quantitative estimate of drug-likeness (QED) is 0.488. The monoisotopic (exact) mass is 422 g/mol. The molecule has 0 fully saturated rings. The second-order valence-electron chi connectivity index (χ2n) is 7.71. The fourth-order valence-corrected chi connectivity index (χ4v) is 4.46. The number of hydrogen-bond donors (Lipinski definition) is 1. The van der Waals surface area contributed by atoms with Crippen molar-refractivity contribution in [3.05, 3.63) is 119 Å². The van der Waals surface area contributed by atoms with E-state index in [1.165, 1.54) is 13.3 Å². The van der Waals surface area contributed by atoms with Gasteiger partial charge < -0.3 is 9.84 Å². The van der Waals surface area contributed by atoms with Gasteiger partial charge in [-0.25, -0.2) is 4.98 Å². The molecular formula is C27H22N2O3. The number of aromatic nitrogens is 1. The highest BCUT2D eigenvalue weighted by Gasteiger charge is 2.43. The summed E-state index contributed by atoms with van der Waals surface area (Å²) < 4.78 is 5.26. The van der Waals surface area contributed by atoms with Crippen molar-refractivity contribution in [2.24, 2.45) is 0 Å². The maximum absolute atomic E-state index is 14.1. The number of carbonyl (C=O) groups excluding carboxylic acids is 1. The number of anilines is 1. The topological polar surface area (TPSA) is 62.7 Å². The van der Waals surface area contributed by atoms with Crippen molar-refractivity contribution in [1.29, 1.82) is 0 Å². The summed E-state index contributed by atoms with van der Waals surface area (Å²) in [5, 5.41) is 10.6. The Balaban J connectivity index is 1.70. The molecule has 0 saturated carbocycles. The van der Waals surface area contributed by atoms with E-state index in [2.05, 4.69) is 4.98 Å². The number of amides is 1. The van der Waals surface area contributed by atoms with E-state index >= 15 is 0 Å². The first-order valence-electron chi connectivity index (χ1n) is 10.4. The van der Waals surface area contributed by atoms with E-state index in [1.54, 1.807) is 6.07 Å². The summed E-state index contributed by atoms with van der Waals surface area (Å²) in [5.41, 5.74) is 4.18. The minimum Gasteiger partial charge on any atom is -0.506 e. The number of rotatable bonds is 5. The predicted molar refractivity (Wildman–Crippen MR) is 123 cm³/mol. The van der Waals surface area contributed by atoms with Crippen molar-refractivity contribution in [3.63, 3.8) is 0 Å². The van der Waals surface area contributed by atoms with Crippen LogP contribution in [-0.4, -0.2) is 23.1 Å². The maximum Gasteiger partial charge on any atom is 0.240 e. The molecule has 3 aromatic carbocycles. The van der Waals surface area contributed by atoms with E-state index in [0.29, 0.717) is 11.4 Å². The zero-order chi connectivity index (χ0) is 22.1. The molecule has 4 aromatic rings. The normalized spacial score (nSPS) is 15.1. The highest BCUT2D eigenvalue weighted by molar-refractivity contribution is 6.08. The molecule has 5 nitrogen and oxygen atoms in total. The lowest BCUT2D eigenvalue weighted by atomic mass is 9.92. The zero-order valence-corrected chi connectivity index (χ0v) is 17.6. The van der Waals surface area contributed by atoms with Crippen LogP contribution < -0.4 is 9.64 Å². The molecular weight excluding hydrogens is 400 g/mol. The second kappa shape index (κ2) is 8.19. The van der Waals surface area contributed by atoms with Crippen LogP contribution >= 0.6 is 0 Å². The third-order valence-corrected chi connectivity index (χ3v) is 5.89. The maximum atomic E-state index is 14.1. The van der Waals surface area contributed by atoms with Gasteiger partial charge in [-0.1, -0.05) is 78.9 Å². The van der Waals surface area contributed by atoms with Gasteiger partial charge in [-0.05, 0) is 22.8 Å². The molecule has 0 bridgehead atoms. The number of para-hydroxylation sites is 1. The summed E-state index contributed by atoms with van der Waals surface area (Å²) in [5.74, 6) is -0.438. The number of carbonyl (C=O) groups is 1. The molecule has 5 rings (SSSR count). The van der Waals surface area contributed by atoms with Crippen LogP contribution in [0.5, 0.6) is 11.6 Å². The van der Waals surface area contributed by atoms with Gasteiger partial charge in [-0.15, -0.1) is 0 Å². The van der Waals surface area contributed by atoms with Crippen molar-refractivity contribution < 1.29 is 14.6 Å². The van der Waals surface area contributed by atoms with Crippen LogP contribution in [0.2, 0.25) is 0 Å². The third-order valence-electron chi connectivity index (χ3n) is 5.89. The fourth-order valence-electron chi connectivity index (χ4n) is 4.46. The number of fused-ring (bicyclic) bond motifs is 1. The molecule has 32 heavy (non-hydrogen) atoms. The second-order valence-corrected chi connectivity index (χ2v) is 7.71. The van der Waals surface area contributed by atoms with E-state index in [1.807, 2.05) is 89.8 Å². The Kier molecular flexibility index (Phi) is 5.07. The third kappa shape index (κ3) is 3.28. The van der Waals surface area contributed by atoms with Gasteiger partial charge in [0.25, 0.3) is 0 Å². The minimum atomic E-state index is -0.655. The molecule has 5 heteroatoms. The molecule has 1 aliphatic rings. The largest absolute Gasteiger partial charge is 0.506 e. The van der Waals surface area contributed by atoms with Crippen LogP contribution in [-0.2, 0) is 4.79 Å². The van der Waals surface area contributed by atoms with Crippen molar-refractivity contribution in [2.75, 3.05) is 12.0 Å². The molecule has 0 aliphatic carbocycles. The van der Waals surface area contributed by atoms with Crippen LogP contribution in [0.1, 0.15) is 34.2 Å². The molecule has 0 spiro atoms. The highest BCUT2D eigenvalue weighted by atomic mass is 16.5. The zero-order valence-electron chi connectivity index (χ0n) is 17.6. The summed E-state index contributed by atoms with van der Waals surface area (Å²) in [4.78, 5) is 20.0. The Bertz CT molecular complexity index is 1220. The molecule has 1 atom stereocenters. The smallest absolute Gasteiger partial charge is 0.240 e. The van der Waals surface area contributed by atoms with Gasteiger partial charge in [-0.3, -0.25) is 9.69 Å². The van der Waals surface area contributed by atoms with Gasteiger partial charge in [0, 0.05) is 17.3 Å². The minimum absolute atomic E-state index is 0.0308. The summed E-state index contributed by atoms with van der Waals surface area (Å²) in [7, 11) is 1.51. The number of pyridine rings is 1. The van der Waals surface area contributed by atoms with Crippen LogP contribution in [0.15, 0.2) is 97.2 Å². The van der Waals surface area contributed by atoms with Gasteiger partial charge in [0.1, 0.15) is 5.75 Å². The van der Waals surface area contributed by atoms with Gasteiger partial charge in [0.2, 0.25) is 11.8 Å². The van der Waals surface area contributed by atoms with Crippen molar-refractivity contribution >= 4 is 11.6 Å². The molecule has 1 N–H and O–H groups in total. The number of methoxy groups -OCH3 is 1. The Morgan fingerprint density at radius 1 is 0.875 bits per heavy atom. The molecule has 1 unspecified atom stereocenters. The van der Waals surface area contributed by atoms with E-state index in [0.717, 1.165) is 22.4 Å². The van der Waals surface area contributed by atoms with Crippen LogP contribution in [0.25, 0.3) is 0 Å². The van der Waals surface area contributed by atoms with Gasteiger partial charge in [-0.2, -0.15) is 0 Å². The summed E-state index contributed by atoms with van der Waals surface area (Å²) in [6, 6.07) is 29.1. The lowest BCUT2D eigenvalue weighted by Crippen LogP contribution is -2.34. The van der Waals surface area contributed by atoms with Crippen molar-refractivity contribution in [1.82, 2.24) is 4.98 Å². The molecule has 0 radical (unpaired) electrons. The molecule has 1 amide bonds. The first kappa shape index (κ1) is 19.8. The molecule has 0 saturated heterocycles. The summed E-state index contributed by atoms with van der Waals surface area (Å²) >= 11 is 0. The molecule has 2 heterocycles. The number of hydrogen-bond acceptors (Lipinski definition) is 4. The fraction of sp³-hybridized carbons (Fsp3) is 0.111. The SMILES string of the molecule is COc1cc(C2C(=O)N(C(c3ccccc3)c3ccccc3)c3ccccc32)c(O)cn1. The van der Waals surface area contributed by atoms with E-state index in [4.69, 9.17) is 4.74 Å². The molecule has 1 aromatic heterocycles. The van der Waals surface area contributed by atoms with Crippen molar-refractivity contribution in [2.45, 2.75) is 12.0 Å². The first-order chi connectivity index (χ1) is 15.7. The predicted octanol–water partition coefficient (Wildman–Crippen LogP) is 5.06. The van der Waals surface area contributed by atoms with E-state index < -0.39 is 5.92 Å². The number of benzene rings is 3. The Morgan fingerprint density at radius 2 is 1.47 bits per heavy atom. The van der Waals surface area contributed by atoms with Crippen LogP contribution in [0.3, 0.4) is 0 Å². The van der Waals surface area contributed by atoms with Gasteiger partial charge in [0.15, 0.2) is 0 Å². The first-order valence-corrected chi connectivity index (χ1v) is 10.4.